The van der Waals surface area contributed by atoms with E-state index >= 15 is 0 Å². The van der Waals surface area contributed by atoms with Crippen LogP contribution in [0.2, 0.25) is 0 Å². The fourth-order valence-corrected chi connectivity index (χ4v) is 3.09. The summed E-state index contributed by atoms with van der Waals surface area (Å²) in [4.78, 5) is 60.7. The van der Waals surface area contributed by atoms with Crippen molar-refractivity contribution < 1.29 is 34.2 Å². The molecule has 1 aromatic carbocycles. The minimum absolute atomic E-state index is 0.0616. The maximum atomic E-state index is 13.0. The minimum Gasteiger partial charge on any atom is -0.480 e. The lowest BCUT2D eigenvalue weighted by molar-refractivity contribution is -0.143. The van der Waals surface area contributed by atoms with Gasteiger partial charge in [-0.2, -0.15) is 0 Å². The molecule has 12 nitrogen and oxygen atoms in total. The van der Waals surface area contributed by atoms with Crippen LogP contribution in [0, 0.1) is 5.92 Å². The number of nitrogens with one attached hydrogen (secondary N) is 3. The van der Waals surface area contributed by atoms with Crippen molar-refractivity contribution in [2.24, 2.45) is 17.4 Å². The number of hydrogen-bond donors (Lipinski definition) is 7. The van der Waals surface area contributed by atoms with E-state index in [0.717, 1.165) is 0 Å². The lowest BCUT2D eigenvalue weighted by Gasteiger charge is -2.25. The number of carboxylic acids is 1. The van der Waals surface area contributed by atoms with Crippen LogP contribution in [0.5, 0.6) is 0 Å². The summed E-state index contributed by atoms with van der Waals surface area (Å²) < 4.78 is 0. The minimum atomic E-state index is -1.64. The molecule has 1 rings (SSSR count). The van der Waals surface area contributed by atoms with Crippen LogP contribution in [0.15, 0.2) is 30.3 Å². The van der Waals surface area contributed by atoms with Gasteiger partial charge in [0.15, 0.2) is 0 Å². The molecule has 188 valence electrons. The second kappa shape index (κ2) is 13.9. The van der Waals surface area contributed by atoms with Crippen molar-refractivity contribution in [1.82, 2.24) is 16.0 Å². The van der Waals surface area contributed by atoms with Gasteiger partial charge in [0, 0.05) is 6.42 Å². The number of rotatable bonds is 14. The number of hydrogen-bond acceptors (Lipinski definition) is 7. The molecule has 0 aliphatic carbocycles. The van der Waals surface area contributed by atoms with Gasteiger partial charge in [-0.25, -0.2) is 4.79 Å². The monoisotopic (exact) mass is 479 g/mol. The first-order chi connectivity index (χ1) is 15.9. The van der Waals surface area contributed by atoms with E-state index in [1.165, 1.54) is 0 Å². The Hall–Kier alpha value is -3.51. The van der Waals surface area contributed by atoms with Crippen molar-refractivity contribution in [3.8, 4) is 0 Å². The van der Waals surface area contributed by atoms with Crippen molar-refractivity contribution in [2.45, 2.75) is 57.3 Å². The molecule has 0 aliphatic heterocycles. The molecule has 9 N–H and O–H groups in total. The van der Waals surface area contributed by atoms with Gasteiger partial charge in [0.25, 0.3) is 0 Å². The summed E-state index contributed by atoms with van der Waals surface area (Å²) in [7, 11) is 0. The molecule has 0 aromatic heterocycles. The zero-order valence-electron chi connectivity index (χ0n) is 19.2. The molecule has 0 saturated heterocycles. The van der Waals surface area contributed by atoms with E-state index in [1.54, 1.807) is 30.3 Å². The molecule has 0 fully saturated rings. The van der Waals surface area contributed by atoms with Crippen molar-refractivity contribution in [3.05, 3.63) is 35.9 Å². The zero-order valence-corrected chi connectivity index (χ0v) is 19.2. The first-order valence-electron chi connectivity index (χ1n) is 10.8. The van der Waals surface area contributed by atoms with E-state index in [-0.39, 0.29) is 12.3 Å². The second-order valence-corrected chi connectivity index (χ2v) is 8.30. The van der Waals surface area contributed by atoms with Gasteiger partial charge in [0.1, 0.15) is 18.1 Å². The number of nitrogens with two attached hydrogens (primary N) is 2. The molecule has 0 radical (unpaired) electrons. The SMILES string of the molecule is CC(C)CC(N)C(=O)NC(Cc1ccccc1)C(=O)NC(CC(N)=O)C(=O)NC(CO)C(=O)O. The average molecular weight is 480 g/mol. The second-order valence-electron chi connectivity index (χ2n) is 8.30. The number of primary amides is 1. The number of aliphatic hydroxyl groups is 1. The van der Waals surface area contributed by atoms with Gasteiger partial charge < -0.3 is 37.6 Å². The number of benzene rings is 1. The van der Waals surface area contributed by atoms with Crippen LogP contribution in [-0.2, 0) is 30.4 Å². The van der Waals surface area contributed by atoms with Gasteiger partial charge in [0.05, 0.1) is 19.1 Å². The highest BCUT2D eigenvalue weighted by Gasteiger charge is 2.31. The predicted octanol–water partition coefficient (Wildman–Crippen LogP) is -1.99. The van der Waals surface area contributed by atoms with E-state index in [4.69, 9.17) is 21.7 Å². The van der Waals surface area contributed by atoms with Crippen molar-refractivity contribution >= 4 is 29.6 Å². The molecular formula is C22H33N5O7. The third-order valence-electron chi connectivity index (χ3n) is 4.81. The number of aliphatic hydroxyl groups excluding tert-OH is 1. The molecule has 0 bridgehead atoms. The molecule has 0 spiro atoms. The molecular weight excluding hydrogens is 446 g/mol. The van der Waals surface area contributed by atoms with Crippen molar-refractivity contribution in [2.75, 3.05) is 6.61 Å². The Morgan fingerprint density at radius 1 is 0.882 bits per heavy atom. The Balaban J connectivity index is 3.08. The summed E-state index contributed by atoms with van der Waals surface area (Å²) in [5.41, 5.74) is 11.8. The molecule has 4 unspecified atom stereocenters. The fourth-order valence-electron chi connectivity index (χ4n) is 3.09. The van der Waals surface area contributed by atoms with Crippen LogP contribution in [-0.4, -0.2) is 70.6 Å². The van der Waals surface area contributed by atoms with Crippen LogP contribution >= 0.6 is 0 Å². The number of carboxylic acid groups (broad SMARTS) is 1. The third kappa shape index (κ3) is 9.96. The molecule has 4 atom stereocenters. The standard InChI is InChI=1S/C22H33N5O7/c1-12(2)8-14(23)19(30)25-15(9-13-6-4-3-5-7-13)20(31)26-16(10-18(24)29)21(32)27-17(11-28)22(33)34/h3-7,12,14-17,28H,8-11,23H2,1-2H3,(H2,24,29)(H,25,30)(H,26,31)(H,27,32)(H,33,34). The average Bonchev–Trinajstić information content (AvgIpc) is 2.75. The van der Waals surface area contributed by atoms with Gasteiger partial charge in [-0.15, -0.1) is 0 Å². The van der Waals surface area contributed by atoms with E-state index < -0.39 is 66.8 Å². The smallest absolute Gasteiger partial charge is 0.328 e. The summed E-state index contributed by atoms with van der Waals surface area (Å²) in [6, 6.07) is 3.58. The molecule has 12 heteroatoms. The first-order valence-corrected chi connectivity index (χ1v) is 10.8. The lowest BCUT2D eigenvalue weighted by atomic mass is 10.0. The van der Waals surface area contributed by atoms with E-state index in [2.05, 4.69) is 10.6 Å². The molecule has 4 amide bonds. The summed E-state index contributed by atoms with van der Waals surface area (Å²) in [5.74, 6) is -4.69. The van der Waals surface area contributed by atoms with Crippen LogP contribution in [0.1, 0.15) is 32.3 Å². The van der Waals surface area contributed by atoms with Gasteiger partial charge in [-0.3, -0.25) is 19.2 Å². The zero-order chi connectivity index (χ0) is 25.8. The van der Waals surface area contributed by atoms with Crippen LogP contribution < -0.4 is 27.4 Å². The van der Waals surface area contributed by atoms with Crippen molar-refractivity contribution in [3.63, 3.8) is 0 Å². The third-order valence-corrected chi connectivity index (χ3v) is 4.81. The van der Waals surface area contributed by atoms with Gasteiger partial charge in [-0.1, -0.05) is 44.2 Å². The Morgan fingerprint density at radius 2 is 1.41 bits per heavy atom. The summed E-state index contributed by atoms with van der Waals surface area (Å²) in [5, 5.41) is 25.1. The lowest BCUT2D eigenvalue weighted by Crippen LogP contribution is -2.58. The molecule has 0 heterocycles. The van der Waals surface area contributed by atoms with E-state index in [1.807, 2.05) is 19.2 Å². The quantitative estimate of drug-likeness (QED) is 0.158. The largest absolute Gasteiger partial charge is 0.480 e. The topological polar surface area (TPSA) is 214 Å². The van der Waals surface area contributed by atoms with E-state index in [0.29, 0.717) is 12.0 Å². The van der Waals surface area contributed by atoms with Crippen LogP contribution in [0.25, 0.3) is 0 Å². The summed E-state index contributed by atoms with van der Waals surface area (Å²) in [6.45, 7) is 2.88. The number of carbonyl (C=O) groups excluding carboxylic acids is 4. The highest BCUT2D eigenvalue weighted by molar-refractivity contribution is 5.96. The maximum absolute atomic E-state index is 13.0. The van der Waals surface area contributed by atoms with Gasteiger partial charge >= 0.3 is 5.97 Å². The predicted molar refractivity (Wildman–Crippen MR) is 122 cm³/mol. The summed E-state index contributed by atoms with van der Waals surface area (Å²) >= 11 is 0. The normalized spacial score (nSPS) is 14.4. The van der Waals surface area contributed by atoms with Gasteiger partial charge in [0.2, 0.25) is 23.6 Å². The highest BCUT2D eigenvalue weighted by Crippen LogP contribution is 2.07. The molecule has 1 aromatic rings. The molecule has 34 heavy (non-hydrogen) atoms. The molecule has 0 aliphatic rings. The Kier molecular flexibility index (Phi) is 11.7. The first kappa shape index (κ1) is 28.5. The number of aliphatic carboxylic acids is 1. The van der Waals surface area contributed by atoms with Crippen LogP contribution in [0.4, 0.5) is 0 Å². The Bertz CT molecular complexity index is 862. The number of amides is 4. The fraction of sp³-hybridized carbons (Fsp3) is 0.500. The van der Waals surface area contributed by atoms with Gasteiger partial charge in [-0.05, 0) is 17.9 Å². The molecule has 0 saturated carbocycles. The maximum Gasteiger partial charge on any atom is 0.328 e. The number of carbonyl (C=O) groups is 5. The summed E-state index contributed by atoms with van der Waals surface area (Å²) in [6.07, 6.45) is -0.184. The Morgan fingerprint density at radius 3 is 1.91 bits per heavy atom. The van der Waals surface area contributed by atoms with Crippen molar-refractivity contribution in [1.29, 1.82) is 0 Å². The van der Waals surface area contributed by atoms with E-state index in [9.17, 15) is 24.0 Å². The highest BCUT2D eigenvalue weighted by atomic mass is 16.4. The van der Waals surface area contributed by atoms with Crippen LogP contribution in [0.3, 0.4) is 0 Å². The Labute approximate surface area is 197 Å².